The van der Waals surface area contributed by atoms with Crippen molar-refractivity contribution >= 4 is 16.8 Å². The molecule has 144 valence electrons. The summed E-state index contributed by atoms with van der Waals surface area (Å²) in [6, 6.07) is 15.8. The summed E-state index contributed by atoms with van der Waals surface area (Å²) in [6.07, 6.45) is 3.16. The van der Waals surface area contributed by atoms with Crippen LogP contribution in [0.3, 0.4) is 0 Å². The highest BCUT2D eigenvalue weighted by Gasteiger charge is 2.25. The average molecular weight is 376 g/mol. The van der Waals surface area contributed by atoms with Gasteiger partial charge in [0, 0.05) is 53.8 Å². The molecule has 1 saturated heterocycles. The Labute approximate surface area is 164 Å². The highest BCUT2D eigenvalue weighted by atomic mass is 16.5. The fourth-order valence-corrected chi connectivity index (χ4v) is 4.21. The summed E-state index contributed by atoms with van der Waals surface area (Å²) in [7, 11) is 0. The molecule has 1 atom stereocenters. The fourth-order valence-electron chi connectivity index (χ4n) is 4.21. The minimum atomic E-state index is 0.0542. The summed E-state index contributed by atoms with van der Waals surface area (Å²) < 4.78 is 11.5. The van der Waals surface area contributed by atoms with Gasteiger partial charge in [0.05, 0.1) is 6.10 Å². The van der Waals surface area contributed by atoms with Crippen molar-refractivity contribution in [3.05, 3.63) is 65.4 Å². The second kappa shape index (κ2) is 7.32. The number of carbonyl (C=O) groups is 1. The van der Waals surface area contributed by atoms with Crippen LogP contribution in [0.2, 0.25) is 0 Å². The predicted octanol–water partition coefficient (Wildman–Crippen LogP) is 3.92. The van der Waals surface area contributed by atoms with Crippen LogP contribution in [0.25, 0.3) is 10.9 Å². The van der Waals surface area contributed by atoms with E-state index in [0.717, 1.165) is 43.7 Å². The smallest absolute Gasteiger partial charge is 0.254 e. The van der Waals surface area contributed by atoms with Gasteiger partial charge >= 0.3 is 0 Å². The van der Waals surface area contributed by atoms with Crippen LogP contribution in [0.5, 0.6) is 5.75 Å². The first-order chi connectivity index (χ1) is 13.8. The first kappa shape index (κ1) is 17.3. The zero-order valence-corrected chi connectivity index (χ0v) is 15.8. The lowest BCUT2D eigenvalue weighted by atomic mass is 10.0. The van der Waals surface area contributed by atoms with Gasteiger partial charge in [-0.2, -0.15) is 0 Å². The number of hydrogen-bond acceptors (Lipinski definition) is 3. The summed E-state index contributed by atoms with van der Waals surface area (Å²) in [5, 5.41) is 1.21. The van der Waals surface area contributed by atoms with E-state index in [0.29, 0.717) is 18.7 Å². The Kier molecular flexibility index (Phi) is 4.53. The van der Waals surface area contributed by atoms with Crippen molar-refractivity contribution in [1.82, 2.24) is 9.88 Å². The maximum absolute atomic E-state index is 13.1. The van der Waals surface area contributed by atoms with Crippen molar-refractivity contribution in [1.29, 1.82) is 0 Å². The van der Waals surface area contributed by atoms with E-state index >= 15 is 0 Å². The summed E-state index contributed by atoms with van der Waals surface area (Å²) in [5.41, 5.74) is 4.30. The fraction of sp³-hybridized carbons (Fsp3) is 0.348. The molecule has 0 aliphatic carbocycles. The molecular formula is C23H24N2O3. The third-order valence-corrected chi connectivity index (χ3v) is 5.71. The number of aromatic nitrogens is 1. The quantitative estimate of drug-likeness (QED) is 0.751. The number of fused-ring (bicyclic) bond motifs is 3. The summed E-state index contributed by atoms with van der Waals surface area (Å²) in [6.45, 7) is 2.72. The molecule has 5 heteroatoms. The molecule has 0 radical (unpaired) electrons. The van der Waals surface area contributed by atoms with E-state index in [2.05, 4.69) is 17.1 Å². The highest BCUT2D eigenvalue weighted by Crippen LogP contribution is 2.28. The molecule has 0 spiro atoms. The van der Waals surface area contributed by atoms with Crippen LogP contribution in [0.4, 0.5) is 0 Å². The van der Waals surface area contributed by atoms with Crippen molar-refractivity contribution in [3.63, 3.8) is 0 Å². The van der Waals surface area contributed by atoms with E-state index in [1.165, 1.54) is 16.6 Å². The predicted molar refractivity (Wildman–Crippen MR) is 108 cm³/mol. The second-order valence-corrected chi connectivity index (χ2v) is 7.58. The molecule has 5 nitrogen and oxygen atoms in total. The number of benzene rings is 2. The van der Waals surface area contributed by atoms with Crippen LogP contribution < -0.4 is 4.74 Å². The lowest BCUT2D eigenvalue weighted by Crippen LogP contribution is -2.35. The minimum Gasteiger partial charge on any atom is -0.491 e. The van der Waals surface area contributed by atoms with Gasteiger partial charge < -0.3 is 19.4 Å². The van der Waals surface area contributed by atoms with Crippen molar-refractivity contribution in [2.24, 2.45) is 0 Å². The van der Waals surface area contributed by atoms with Gasteiger partial charge in [-0.15, -0.1) is 0 Å². The molecule has 3 aromatic rings. The monoisotopic (exact) mass is 376 g/mol. The SMILES string of the molecule is O=C(c1cccc(OC[C@H]2CCCO2)c1)N1CCc2[nH]c3ccccc3c2C1. The zero-order valence-electron chi connectivity index (χ0n) is 15.8. The Morgan fingerprint density at radius 1 is 1.21 bits per heavy atom. The Morgan fingerprint density at radius 3 is 3.04 bits per heavy atom. The zero-order chi connectivity index (χ0) is 18.9. The largest absolute Gasteiger partial charge is 0.491 e. The number of para-hydroxylation sites is 1. The van der Waals surface area contributed by atoms with E-state index in [4.69, 9.17) is 9.47 Å². The van der Waals surface area contributed by atoms with Crippen molar-refractivity contribution < 1.29 is 14.3 Å². The van der Waals surface area contributed by atoms with Crippen LogP contribution in [-0.2, 0) is 17.7 Å². The summed E-state index contributed by atoms with van der Waals surface area (Å²) in [4.78, 5) is 18.5. The van der Waals surface area contributed by atoms with Gasteiger partial charge in [-0.1, -0.05) is 24.3 Å². The first-order valence-corrected chi connectivity index (χ1v) is 10.00. The van der Waals surface area contributed by atoms with Gasteiger partial charge in [0.25, 0.3) is 5.91 Å². The number of ether oxygens (including phenoxy) is 2. The lowest BCUT2D eigenvalue weighted by molar-refractivity contribution is 0.0676. The van der Waals surface area contributed by atoms with E-state index in [-0.39, 0.29) is 12.0 Å². The van der Waals surface area contributed by atoms with Crippen LogP contribution in [0.1, 0.15) is 34.5 Å². The van der Waals surface area contributed by atoms with Gasteiger partial charge in [-0.05, 0) is 37.1 Å². The van der Waals surface area contributed by atoms with Crippen LogP contribution in [0, 0.1) is 0 Å². The van der Waals surface area contributed by atoms with Crippen molar-refractivity contribution in [2.75, 3.05) is 19.8 Å². The van der Waals surface area contributed by atoms with Crippen molar-refractivity contribution in [2.45, 2.75) is 31.9 Å². The minimum absolute atomic E-state index is 0.0542. The number of carbonyl (C=O) groups excluding carboxylic acids is 1. The topological polar surface area (TPSA) is 54.6 Å². The van der Waals surface area contributed by atoms with Crippen LogP contribution in [-0.4, -0.2) is 41.7 Å². The lowest BCUT2D eigenvalue weighted by Gasteiger charge is -2.27. The average Bonchev–Trinajstić information content (AvgIpc) is 3.39. The molecule has 28 heavy (non-hydrogen) atoms. The molecule has 5 rings (SSSR count). The van der Waals surface area contributed by atoms with Gasteiger partial charge in [0.15, 0.2) is 0 Å². The number of nitrogens with one attached hydrogen (secondary N) is 1. The van der Waals surface area contributed by atoms with Gasteiger partial charge in [0.2, 0.25) is 0 Å². The molecule has 1 fully saturated rings. The molecule has 0 bridgehead atoms. The number of nitrogens with zero attached hydrogens (tertiary/aromatic N) is 1. The number of H-pyrrole nitrogens is 1. The normalized spacial score (nSPS) is 19.0. The molecule has 2 aromatic carbocycles. The summed E-state index contributed by atoms with van der Waals surface area (Å²) in [5.74, 6) is 0.782. The summed E-state index contributed by atoms with van der Waals surface area (Å²) >= 11 is 0. The maximum Gasteiger partial charge on any atom is 0.254 e. The molecule has 2 aliphatic heterocycles. The number of amides is 1. The maximum atomic E-state index is 13.1. The first-order valence-electron chi connectivity index (χ1n) is 10.00. The Balaban J connectivity index is 1.31. The third-order valence-electron chi connectivity index (χ3n) is 5.71. The molecule has 1 N–H and O–H groups in total. The van der Waals surface area contributed by atoms with Gasteiger partial charge in [0.1, 0.15) is 12.4 Å². The number of hydrogen-bond donors (Lipinski definition) is 1. The van der Waals surface area contributed by atoms with E-state index in [1.807, 2.05) is 41.3 Å². The van der Waals surface area contributed by atoms with E-state index < -0.39 is 0 Å². The van der Waals surface area contributed by atoms with Crippen LogP contribution >= 0.6 is 0 Å². The highest BCUT2D eigenvalue weighted by molar-refractivity contribution is 5.95. The Bertz CT molecular complexity index is 1000. The molecule has 1 amide bonds. The molecule has 0 unspecified atom stereocenters. The van der Waals surface area contributed by atoms with Crippen LogP contribution in [0.15, 0.2) is 48.5 Å². The van der Waals surface area contributed by atoms with Crippen molar-refractivity contribution in [3.8, 4) is 5.75 Å². The third kappa shape index (κ3) is 3.27. The Hall–Kier alpha value is -2.79. The molecule has 1 aromatic heterocycles. The standard InChI is InChI=1S/C23H24N2O3/c26-23(16-5-3-6-17(13-16)28-15-18-7-4-12-27-18)25-11-10-22-20(14-25)19-8-1-2-9-21(19)24-22/h1-3,5-6,8-9,13,18,24H,4,7,10-12,14-15H2/t18-/m1/s1. The number of rotatable bonds is 4. The second-order valence-electron chi connectivity index (χ2n) is 7.58. The van der Waals surface area contributed by atoms with Gasteiger partial charge in [-0.25, -0.2) is 0 Å². The van der Waals surface area contributed by atoms with E-state index in [1.54, 1.807) is 0 Å². The van der Waals surface area contributed by atoms with Gasteiger partial charge in [-0.3, -0.25) is 4.79 Å². The molecule has 2 aliphatic rings. The Morgan fingerprint density at radius 2 is 2.14 bits per heavy atom. The molecule has 3 heterocycles. The number of aromatic amines is 1. The molecular weight excluding hydrogens is 352 g/mol. The van der Waals surface area contributed by atoms with E-state index in [9.17, 15) is 4.79 Å². The molecule has 0 saturated carbocycles.